The van der Waals surface area contributed by atoms with Gasteiger partial charge < -0.3 is 23.7 Å². The molecule has 0 N–H and O–H groups in total. The minimum atomic E-state index is -0.534. The summed E-state index contributed by atoms with van der Waals surface area (Å²) >= 11 is 0. The van der Waals surface area contributed by atoms with E-state index in [4.69, 9.17) is 33.5 Å². The first-order valence-electron chi connectivity index (χ1n) is 14.0. The average Bonchev–Trinajstić information content (AvgIpc) is 3.64. The van der Waals surface area contributed by atoms with Crippen LogP contribution in [0, 0.1) is 0 Å². The van der Waals surface area contributed by atoms with Crippen LogP contribution in [0.1, 0.15) is 27.0 Å². The Morgan fingerprint density at radius 3 is 1.69 bits per heavy atom. The zero-order valence-electron chi connectivity index (χ0n) is 23.0. The molecule has 2 saturated heterocycles. The van der Waals surface area contributed by atoms with E-state index >= 15 is 0 Å². The Balaban J connectivity index is 0.921. The van der Waals surface area contributed by atoms with Gasteiger partial charge in [0.05, 0.1) is 18.8 Å². The summed E-state index contributed by atoms with van der Waals surface area (Å²) in [5.74, 6) is 1.01. The van der Waals surface area contributed by atoms with Gasteiger partial charge in [-0.05, 0) is 53.1 Å². The van der Waals surface area contributed by atoms with E-state index in [1.807, 2.05) is 84.9 Å². The lowest BCUT2D eigenvalue weighted by molar-refractivity contribution is -0.341. The molecule has 0 bridgehead atoms. The maximum atomic E-state index is 12.8. The van der Waals surface area contributed by atoms with Crippen molar-refractivity contribution < 1.29 is 38.3 Å². The van der Waals surface area contributed by atoms with E-state index in [2.05, 4.69) is 0 Å². The molecule has 4 atom stereocenters. The van der Waals surface area contributed by atoms with Gasteiger partial charge in [0.15, 0.2) is 6.10 Å². The third kappa shape index (κ3) is 7.16. The number of rotatable bonds is 12. The minimum Gasteiger partial charge on any atom is -0.489 e. The monoisotopic (exact) mass is 568 g/mol. The Hall–Kier alpha value is -4.21. The van der Waals surface area contributed by atoms with Crippen molar-refractivity contribution in [1.29, 1.82) is 0 Å². The largest absolute Gasteiger partial charge is 0.489 e. The fourth-order valence-corrected chi connectivity index (χ4v) is 4.86. The molecule has 0 radical (unpaired) electrons. The molecule has 2 aliphatic heterocycles. The van der Waals surface area contributed by atoms with Gasteiger partial charge in [0.1, 0.15) is 49.6 Å². The van der Waals surface area contributed by atoms with Crippen molar-refractivity contribution in [3.8, 4) is 11.5 Å². The number of ether oxygens (including phenoxy) is 5. The normalized spacial score (nSPS) is 21.0. The highest BCUT2D eigenvalue weighted by Gasteiger charge is 2.50. The first kappa shape index (κ1) is 27.9. The van der Waals surface area contributed by atoms with Gasteiger partial charge in [-0.3, -0.25) is 0 Å². The molecule has 4 unspecified atom stereocenters. The fourth-order valence-electron chi connectivity index (χ4n) is 4.86. The Kier molecular flexibility index (Phi) is 9.07. The number of fused-ring (bicyclic) bond motifs is 1. The van der Waals surface area contributed by atoms with E-state index in [1.165, 1.54) is 0 Å². The van der Waals surface area contributed by atoms with Gasteiger partial charge in [-0.25, -0.2) is 14.6 Å². The molecule has 2 aliphatic rings. The van der Waals surface area contributed by atoms with Crippen LogP contribution in [0.15, 0.2) is 109 Å². The molecule has 0 spiro atoms. The van der Waals surface area contributed by atoms with Gasteiger partial charge in [0, 0.05) is 0 Å². The highest BCUT2D eigenvalue weighted by molar-refractivity contribution is 5.89. The zero-order valence-corrected chi connectivity index (χ0v) is 23.0. The molecular formula is C34H32O8. The van der Waals surface area contributed by atoms with Crippen LogP contribution >= 0.6 is 0 Å². The number of carbonyl (C=O) groups excluding carboxylic acids is 1. The molecular weight excluding hydrogens is 536 g/mol. The van der Waals surface area contributed by atoms with Crippen LogP contribution in [0.5, 0.6) is 11.5 Å². The van der Waals surface area contributed by atoms with Crippen molar-refractivity contribution in [3.05, 3.63) is 131 Å². The molecule has 4 aromatic rings. The summed E-state index contributed by atoms with van der Waals surface area (Å²) in [6, 6.07) is 34.5. The van der Waals surface area contributed by atoms with E-state index in [0.29, 0.717) is 24.5 Å². The van der Waals surface area contributed by atoms with Crippen LogP contribution in [-0.4, -0.2) is 43.6 Å². The molecule has 0 saturated carbocycles. The molecule has 6 rings (SSSR count). The Morgan fingerprint density at radius 2 is 1.10 bits per heavy atom. The van der Waals surface area contributed by atoms with Crippen molar-refractivity contribution in [2.24, 2.45) is 0 Å². The summed E-state index contributed by atoms with van der Waals surface area (Å²) < 4.78 is 29.1. The molecule has 0 amide bonds. The lowest BCUT2D eigenvalue weighted by Gasteiger charge is -2.17. The summed E-state index contributed by atoms with van der Waals surface area (Å²) in [5, 5.41) is 0. The summed E-state index contributed by atoms with van der Waals surface area (Å²) in [6.45, 7) is 1.73. The summed E-state index contributed by atoms with van der Waals surface area (Å²) in [5.41, 5.74) is 3.55. The first-order valence-corrected chi connectivity index (χ1v) is 14.0. The quantitative estimate of drug-likeness (QED) is 0.123. The Labute approximate surface area is 244 Å². The molecule has 0 aliphatic carbocycles. The van der Waals surface area contributed by atoms with Gasteiger partial charge in [-0.2, -0.15) is 0 Å². The predicted molar refractivity (Wildman–Crippen MR) is 153 cm³/mol. The molecule has 42 heavy (non-hydrogen) atoms. The van der Waals surface area contributed by atoms with Gasteiger partial charge in [0.2, 0.25) is 0 Å². The molecule has 216 valence electrons. The molecule has 2 fully saturated rings. The molecule has 0 aromatic heterocycles. The highest BCUT2D eigenvalue weighted by atomic mass is 17.2. The number of hydrogen-bond acceptors (Lipinski definition) is 8. The summed E-state index contributed by atoms with van der Waals surface area (Å²) in [7, 11) is 0. The van der Waals surface area contributed by atoms with Gasteiger partial charge in [0.25, 0.3) is 0 Å². The Morgan fingerprint density at radius 1 is 0.595 bits per heavy atom. The predicted octanol–water partition coefficient (Wildman–Crippen LogP) is 5.68. The van der Waals surface area contributed by atoms with E-state index in [9.17, 15) is 4.79 Å². The second-order valence-electron chi connectivity index (χ2n) is 10.2. The molecule has 4 aromatic carbocycles. The second kappa shape index (κ2) is 13.6. The smallest absolute Gasteiger partial charge is 0.338 e. The highest BCUT2D eigenvalue weighted by Crippen LogP contribution is 2.31. The molecule has 8 nitrogen and oxygen atoms in total. The second-order valence-corrected chi connectivity index (χ2v) is 10.2. The van der Waals surface area contributed by atoms with Crippen LogP contribution in [0.4, 0.5) is 0 Å². The van der Waals surface area contributed by atoms with Crippen molar-refractivity contribution in [2.45, 2.75) is 44.2 Å². The molecule has 2 heterocycles. The van der Waals surface area contributed by atoms with Crippen LogP contribution in [0.2, 0.25) is 0 Å². The standard InChI is InChI=1S/C34H32O8/c35-34(27-13-17-29(18-14-27)37-20-25-9-5-2-6-10-25)41-30-22-38-33-31(23-39-32(30)33)42-40-21-26-11-15-28(16-12-26)36-19-24-7-3-1-4-8-24/h1-18,30-33H,19-23H2. The number of hydrogen-bond donors (Lipinski definition) is 0. The van der Waals surface area contributed by atoms with Crippen molar-refractivity contribution in [3.63, 3.8) is 0 Å². The van der Waals surface area contributed by atoms with E-state index in [1.54, 1.807) is 24.3 Å². The van der Waals surface area contributed by atoms with E-state index in [-0.39, 0.29) is 25.9 Å². The number of carbonyl (C=O) groups is 1. The Bertz CT molecular complexity index is 1410. The van der Waals surface area contributed by atoms with Crippen molar-refractivity contribution in [1.82, 2.24) is 0 Å². The fraction of sp³-hybridized carbons (Fsp3) is 0.265. The van der Waals surface area contributed by atoms with E-state index in [0.717, 1.165) is 22.4 Å². The van der Waals surface area contributed by atoms with Crippen LogP contribution in [0.25, 0.3) is 0 Å². The lowest BCUT2D eigenvalue weighted by atomic mass is 10.1. The van der Waals surface area contributed by atoms with Gasteiger partial charge >= 0.3 is 5.97 Å². The third-order valence-corrected chi connectivity index (χ3v) is 7.15. The maximum absolute atomic E-state index is 12.8. The van der Waals surface area contributed by atoms with Crippen LogP contribution in [0.3, 0.4) is 0 Å². The summed E-state index contributed by atoms with van der Waals surface area (Å²) in [4.78, 5) is 23.9. The van der Waals surface area contributed by atoms with Crippen LogP contribution in [-0.2, 0) is 43.8 Å². The van der Waals surface area contributed by atoms with Crippen molar-refractivity contribution in [2.75, 3.05) is 13.2 Å². The molecule has 8 heteroatoms. The van der Waals surface area contributed by atoms with Gasteiger partial charge in [-0.1, -0.05) is 72.8 Å². The maximum Gasteiger partial charge on any atom is 0.338 e. The number of benzene rings is 4. The van der Waals surface area contributed by atoms with Crippen molar-refractivity contribution >= 4 is 5.97 Å². The first-order chi connectivity index (χ1) is 20.7. The summed E-state index contributed by atoms with van der Waals surface area (Å²) in [6.07, 6.45) is -1.76. The van der Waals surface area contributed by atoms with Gasteiger partial charge in [-0.15, -0.1) is 0 Å². The minimum absolute atomic E-state index is 0.226. The van der Waals surface area contributed by atoms with Crippen LogP contribution < -0.4 is 9.47 Å². The zero-order chi connectivity index (χ0) is 28.6. The SMILES string of the molecule is O=C(OC1COC2C(OOCc3ccc(OCc4ccccc4)cc3)COC12)c1ccc(OCc2ccccc2)cc1. The number of esters is 1. The lowest BCUT2D eigenvalue weighted by Crippen LogP contribution is -2.35. The van der Waals surface area contributed by atoms with E-state index < -0.39 is 24.3 Å². The third-order valence-electron chi connectivity index (χ3n) is 7.15. The average molecular weight is 569 g/mol. The topological polar surface area (TPSA) is 81.7 Å².